The van der Waals surface area contributed by atoms with Gasteiger partial charge in [-0.05, 0) is 55.3 Å². The monoisotopic (exact) mass is 473 g/mol. The van der Waals surface area contributed by atoms with Crippen LogP contribution in [0.1, 0.15) is 32.4 Å². The molecule has 1 aromatic heterocycles. The first-order valence-electron chi connectivity index (χ1n) is 10.6. The van der Waals surface area contributed by atoms with Crippen LogP contribution in [0, 0.1) is 12.7 Å². The van der Waals surface area contributed by atoms with Gasteiger partial charge in [0.1, 0.15) is 28.1 Å². The summed E-state index contributed by atoms with van der Waals surface area (Å²) in [6, 6.07) is 13.8. The fourth-order valence-corrected chi connectivity index (χ4v) is 4.78. The van der Waals surface area contributed by atoms with Crippen molar-refractivity contribution in [3.8, 4) is 5.75 Å². The molecular formula is C24H25ClFN3O2S. The highest BCUT2D eigenvalue weighted by Gasteiger charge is 2.24. The first kappa shape index (κ1) is 22.7. The molecule has 0 atom stereocenters. The SMILES string of the molecule is Cc1nc(COc2ccc(Cl)cc2)sc1C(=O)N1CCCN(Cc2ccc(F)cc2)CC1. The smallest absolute Gasteiger partial charge is 0.265 e. The van der Waals surface area contributed by atoms with Gasteiger partial charge in [-0.1, -0.05) is 23.7 Å². The van der Waals surface area contributed by atoms with Gasteiger partial charge in [0.15, 0.2) is 0 Å². The van der Waals surface area contributed by atoms with E-state index in [9.17, 15) is 9.18 Å². The minimum Gasteiger partial charge on any atom is -0.486 e. The molecule has 0 radical (unpaired) electrons. The number of carbonyl (C=O) groups is 1. The number of hydrogen-bond donors (Lipinski definition) is 0. The lowest BCUT2D eigenvalue weighted by atomic mass is 10.2. The van der Waals surface area contributed by atoms with Crippen molar-refractivity contribution in [3.63, 3.8) is 0 Å². The van der Waals surface area contributed by atoms with E-state index in [0.29, 0.717) is 35.3 Å². The van der Waals surface area contributed by atoms with Gasteiger partial charge in [0.2, 0.25) is 0 Å². The fraction of sp³-hybridized carbons (Fsp3) is 0.333. The highest BCUT2D eigenvalue weighted by Crippen LogP contribution is 2.23. The fourth-order valence-electron chi connectivity index (χ4n) is 3.71. The summed E-state index contributed by atoms with van der Waals surface area (Å²) in [5.41, 5.74) is 1.82. The van der Waals surface area contributed by atoms with Crippen LogP contribution < -0.4 is 4.74 Å². The van der Waals surface area contributed by atoms with Crippen molar-refractivity contribution in [2.45, 2.75) is 26.5 Å². The Hall–Kier alpha value is -2.48. The number of thiazole rings is 1. The Morgan fingerprint density at radius 3 is 2.59 bits per heavy atom. The molecule has 5 nitrogen and oxygen atoms in total. The first-order valence-corrected chi connectivity index (χ1v) is 11.8. The van der Waals surface area contributed by atoms with Crippen molar-refractivity contribution in [2.75, 3.05) is 26.2 Å². The summed E-state index contributed by atoms with van der Waals surface area (Å²) in [6.45, 7) is 6.01. The summed E-state index contributed by atoms with van der Waals surface area (Å²) in [6.07, 6.45) is 0.900. The van der Waals surface area contributed by atoms with Crippen LogP contribution in [-0.4, -0.2) is 46.9 Å². The molecule has 1 aliphatic heterocycles. The molecule has 32 heavy (non-hydrogen) atoms. The Morgan fingerprint density at radius 1 is 1.09 bits per heavy atom. The summed E-state index contributed by atoms with van der Waals surface area (Å²) >= 11 is 7.30. The molecule has 8 heteroatoms. The molecular weight excluding hydrogens is 449 g/mol. The van der Waals surface area contributed by atoms with Crippen molar-refractivity contribution in [3.05, 3.63) is 80.5 Å². The van der Waals surface area contributed by atoms with E-state index in [1.807, 2.05) is 36.1 Å². The normalized spacial score (nSPS) is 14.9. The van der Waals surface area contributed by atoms with Gasteiger partial charge in [-0.2, -0.15) is 0 Å². The van der Waals surface area contributed by atoms with Crippen LogP contribution in [0.4, 0.5) is 4.39 Å². The summed E-state index contributed by atoms with van der Waals surface area (Å²) in [5, 5.41) is 1.43. The molecule has 1 fully saturated rings. The zero-order chi connectivity index (χ0) is 22.5. The Kier molecular flexibility index (Phi) is 7.40. The number of aromatic nitrogens is 1. The molecule has 1 amide bonds. The van der Waals surface area contributed by atoms with Crippen LogP contribution in [-0.2, 0) is 13.2 Å². The summed E-state index contributed by atoms with van der Waals surface area (Å²) in [4.78, 5) is 22.6. The highest BCUT2D eigenvalue weighted by atomic mass is 35.5. The molecule has 2 heterocycles. The number of ether oxygens (including phenoxy) is 1. The van der Waals surface area contributed by atoms with Crippen LogP contribution >= 0.6 is 22.9 Å². The van der Waals surface area contributed by atoms with Crippen molar-refractivity contribution in [2.24, 2.45) is 0 Å². The van der Waals surface area contributed by atoms with Gasteiger partial charge in [0, 0.05) is 37.7 Å². The lowest BCUT2D eigenvalue weighted by Gasteiger charge is -2.21. The zero-order valence-corrected chi connectivity index (χ0v) is 19.5. The van der Waals surface area contributed by atoms with Crippen LogP contribution in [0.2, 0.25) is 5.02 Å². The van der Waals surface area contributed by atoms with Gasteiger partial charge in [-0.25, -0.2) is 9.37 Å². The number of amides is 1. The third kappa shape index (κ3) is 5.85. The van der Waals surface area contributed by atoms with Gasteiger partial charge in [0.25, 0.3) is 5.91 Å². The van der Waals surface area contributed by atoms with Crippen LogP contribution in [0.3, 0.4) is 0 Å². The molecule has 2 aromatic carbocycles. The van der Waals surface area contributed by atoms with Gasteiger partial charge < -0.3 is 9.64 Å². The molecule has 1 saturated heterocycles. The van der Waals surface area contributed by atoms with Gasteiger partial charge in [0.05, 0.1) is 5.69 Å². The Balaban J connectivity index is 1.34. The number of hydrogen-bond acceptors (Lipinski definition) is 5. The average Bonchev–Trinajstić information content (AvgIpc) is 3.00. The number of nitrogens with zero attached hydrogens (tertiary/aromatic N) is 3. The van der Waals surface area contributed by atoms with E-state index in [1.54, 1.807) is 12.1 Å². The molecule has 0 spiro atoms. The second kappa shape index (κ2) is 10.4. The van der Waals surface area contributed by atoms with Gasteiger partial charge in [-0.3, -0.25) is 9.69 Å². The van der Waals surface area contributed by atoms with Crippen molar-refractivity contribution in [1.82, 2.24) is 14.8 Å². The summed E-state index contributed by atoms with van der Waals surface area (Å²) < 4.78 is 18.9. The molecule has 168 valence electrons. The molecule has 0 bridgehead atoms. The molecule has 1 aliphatic rings. The molecule has 3 aromatic rings. The Bertz CT molecular complexity index is 1060. The molecule has 0 aliphatic carbocycles. The van der Waals surface area contributed by atoms with E-state index < -0.39 is 0 Å². The van der Waals surface area contributed by atoms with Crippen LogP contribution in [0.15, 0.2) is 48.5 Å². The van der Waals surface area contributed by atoms with E-state index in [2.05, 4.69) is 9.88 Å². The number of halogens is 2. The third-order valence-corrected chi connectivity index (χ3v) is 6.78. The summed E-state index contributed by atoms with van der Waals surface area (Å²) in [7, 11) is 0. The molecule has 0 N–H and O–H groups in total. The Labute approximate surface area is 196 Å². The lowest BCUT2D eigenvalue weighted by Crippen LogP contribution is -2.35. The largest absolute Gasteiger partial charge is 0.486 e. The number of aryl methyl sites for hydroxylation is 1. The zero-order valence-electron chi connectivity index (χ0n) is 17.9. The van der Waals surface area contributed by atoms with E-state index in [4.69, 9.17) is 16.3 Å². The maximum absolute atomic E-state index is 13.2. The standard InChI is InChI=1S/C24H25ClFN3O2S/c1-17-23(32-22(27-17)16-31-21-9-5-19(25)6-10-21)24(30)29-12-2-11-28(13-14-29)15-18-3-7-20(26)8-4-18/h3-10H,2,11-16H2,1H3. The number of rotatable bonds is 6. The molecule has 0 saturated carbocycles. The minimum absolute atomic E-state index is 0.0291. The van der Waals surface area contributed by atoms with Crippen molar-refractivity contribution < 1.29 is 13.9 Å². The maximum atomic E-state index is 13.2. The first-order chi connectivity index (χ1) is 15.5. The summed E-state index contributed by atoms with van der Waals surface area (Å²) in [5.74, 6) is 0.518. The second-order valence-electron chi connectivity index (χ2n) is 7.81. The van der Waals surface area contributed by atoms with Crippen LogP contribution in [0.25, 0.3) is 0 Å². The van der Waals surface area contributed by atoms with E-state index >= 15 is 0 Å². The van der Waals surface area contributed by atoms with E-state index in [-0.39, 0.29) is 11.7 Å². The third-order valence-electron chi connectivity index (χ3n) is 5.41. The van der Waals surface area contributed by atoms with Gasteiger partial charge in [-0.15, -0.1) is 11.3 Å². The van der Waals surface area contributed by atoms with Crippen molar-refractivity contribution in [1.29, 1.82) is 0 Å². The molecule has 0 unspecified atom stereocenters. The second-order valence-corrected chi connectivity index (χ2v) is 9.33. The quantitative estimate of drug-likeness (QED) is 0.495. The average molecular weight is 474 g/mol. The van der Waals surface area contributed by atoms with E-state index in [1.165, 1.54) is 23.5 Å². The predicted octanol–water partition coefficient (Wildman–Crippen LogP) is 5.17. The predicted molar refractivity (Wildman–Crippen MR) is 125 cm³/mol. The number of carbonyl (C=O) groups excluding carboxylic acids is 1. The lowest BCUT2D eigenvalue weighted by molar-refractivity contribution is 0.0765. The molecule has 4 rings (SSSR count). The minimum atomic E-state index is -0.223. The van der Waals surface area contributed by atoms with E-state index in [0.717, 1.165) is 42.3 Å². The van der Waals surface area contributed by atoms with Gasteiger partial charge >= 0.3 is 0 Å². The highest BCUT2D eigenvalue weighted by molar-refractivity contribution is 7.13. The van der Waals surface area contributed by atoms with Crippen LogP contribution in [0.5, 0.6) is 5.75 Å². The number of benzene rings is 2. The maximum Gasteiger partial charge on any atom is 0.265 e. The van der Waals surface area contributed by atoms with Crippen molar-refractivity contribution >= 4 is 28.8 Å². The Morgan fingerprint density at radius 2 is 1.84 bits per heavy atom. The topological polar surface area (TPSA) is 45.7 Å².